The molecule has 2 fully saturated rings. The summed E-state index contributed by atoms with van der Waals surface area (Å²) in [5.74, 6) is -1.63. The number of fused-ring (bicyclic) bond motifs is 1. The molecule has 0 aromatic carbocycles. The van der Waals surface area contributed by atoms with Gasteiger partial charge in [-0.3, -0.25) is 14.4 Å². The Labute approximate surface area is 130 Å². The largest absolute Gasteiger partial charge is 0.481 e. The lowest BCUT2D eigenvalue weighted by atomic mass is 9.94. The quantitative estimate of drug-likeness (QED) is 0.735. The van der Waals surface area contributed by atoms with E-state index in [9.17, 15) is 9.59 Å². The Bertz CT molecular complexity index is 387. The van der Waals surface area contributed by atoms with E-state index in [4.69, 9.17) is 24.1 Å². The van der Waals surface area contributed by atoms with Crippen LogP contribution in [0.1, 0.15) is 48.0 Å². The van der Waals surface area contributed by atoms with Crippen molar-refractivity contribution in [2.45, 2.75) is 72.4 Å². The number of carboxylic acid groups (broad SMARTS) is 1. The molecule has 2 heterocycles. The summed E-state index contributed by atoms with van der Waals surface area (Å²) in [6.45, 7) is 10.1. The van der Waals surface area contributed by atoms with Gasteiger partial charge in [-0.1, -0.05) is 13.8 Å². The monoisotopic (exact) mass is 318 g/mol. The molecule has 0 amide bonds. The Hall–Kier alpha value is -1.63. The molecular weight excluding hydrogens is 292 g/mol. The van der Waals surface area contributed by atoms with E-state index >= 15 is 0 Å². The van der Waals surface area contributed by atoms with Crippen LogP contribution in [0.25, 0.3) is 0 Å². The zero-order chi connectivity index (χ0) is 17.4. The average molecular weight is 318 g/mol. The van der Waals surface area contributed by atoms with Gasteiger partial charge in [-0.15, -0.1) is 0 Å². The van der Waals surface area contributed by atoms with Gasteiger partial charge in [0.05, 0.1) is 12.0 Å². The maximum absolute atomic E-state index is 11.4. The van der Waals surface area contributed by atoms with Crippen LogP contribution in [-0.4, -0.2) is 47.4 Å². The predicted molar refractivity (Wildman–Crippen MR) is 78.2 cm³/mol. The van der Waals surface area contributed by atoms with Crippen molar-refractivity contribution >= 4 is 17.9 Å². The molecule has 2 aliphatic rings. The van der Waals surface area contributed by atoms with Crippen molar-refractivity contribution in [3.63, 3.8) is 0 Å². The number of esters is 2. The van der Waals surface area contributed by atoms with Crippen LogP contribution >= 0.6 is 0 Å². The van der Waals surface area contributed by atoms with Gasteiger partial charge in [0.1, 0.15) is 18.3 Å². The van der Waals surface area contributed by atoms with Gasteiger partial charge in [-0.05, 0) is 13.8 Å². The first-order valence-electron chi connectivity index (χ1n) is 7.45. The van der Waals surface area contributed by atoms with Gasteiger partial charge >= 0.3 is 11.9 Å². The molecular formula is C15H26O7. The van der Waals surface area contributed by atoms with E-state index in [0.29, 0.717) is 6.42 Å². The van der Waals surface area contributed by atoms with E-state index in [1.807, 2.05) is 20.8 Å². The Morgan fingerprint density at radius 3 is 2.18 bits per heavy atom. The molecule has 0 bridgehead atoms. The molecule has 2 rings (SSSR count). The first kappa shape index (κ1) is 20.4. The van der Waals surface area contributed by atoms with E-state index < -0.39 is 5.97 Å². The van der Waals surface area contributed by atoms with Crippen LogP contribution in [0.4, 0.5) is 0 Å². The van der Waals surface area contributed by atoms with Crippen LogP contribution in [0, 0.1) is 5.92 Å². The molecule has 0 spiro atoms. The summed E-state index contributed by atoms with van der Waals surface area (Å²) < 4.78 is 16.0. The predicted octanol–water partition coefficient (Wildman–Crippen LogP) is 1.77. The van der Waals surface area contributed by atoms with Crippen molar-refractivity contribution in [2.75, 3.05) is 0 Å². The van der Waals surface area contributed by atoms with Gasteiger partial charge in [0.25, 0.3) is 5.97 Å². The lowest BCUT2D eigenvalue weighted by Crippen LogP contribution is -2.47. The maximum atomic E-state index is 11.4. The SMILES string of the molecule is CC.CC(=O)O.CC(=O)OC1C[C@H]2OC(=O)C(C)C2O[C@H]1C. The Morgan fingerprint density at radius 2 is 1.73 bits per heavy atom. The van der Waals surface area contributed by atoms with Crippen LogP contribution in [0.3, 0.4) is 0 Å². The van der Waals surface area contributed by atoms with Gasteiger partial charge in [0.15, 0.2) is 0 Å². The lowest BCUT2D eigenvalue weighted by molar-refractivity contribution is -0.181. The number of aliphatic carboxylic acids is 1. The minimum atomic E-state index is -0.833. The summed E-state index contributed by atoms with van der Waals surface area (Å²) in [7, 11) is 0. The van der Waals surface area contributed by atoms with Gasteiger partial charge in [0.2, 0.25) is 0 Å². The Balaban J connectivity index is 0.000000640. The van der Waals surface area contributed by atoms with E-state index in [-0.39, 0.29) is 42.3 Å². The minimum Gasteiger partial charge on any atom is -0.481 e. The van der Waals surface area contributed by atoms with Crippen LogP contribution in [-0.2, 0) is 28.6 Å². The normalized spacial score (nSPS) is 32.3. The highest BCUT2D eigenvalue weighted by Gasteiger charge is 2.49. The van der Waals surface area contributed by atoms with Crippen LogP contribution < -0.4 is 0 Å². The molecule has 2 saturated heterocycles. The number of rotatable bonds is 1. The van der Waals surface area contributed by atoms with Crippen molar-refractivity contribution < 1.29 is 33.7 Å². The highest BCUT2D eigenvalue weighted by atomic mass is 16.6. The zero-order valence-electron chi connectivity index (χ0n) is 14.0. The molecule has 5 atom stereocenters. The Kier molecular flexibility index (Phi) is 8.70. The molecule has 0 aromatic rings. The van der Waals surface area contributed by atoms with Crippen molar-refractivity contribution in [3.8, 4) is 0 Å². The number of hydrogen-bond donors (Lipinski definition) is 1. The molecule has 0 radical (unpaired) electrons. The fourth-order valence-corrected chi connectivity index (χ4v) is 2.28. The molecule has 2 aliphatic heterocycles. The Morgan fingerprint density at radius 1 is 1.23 bits per heavy atom. The van der Waals surface area contributed by atoms with E-state index in [2.05, 4.69) is 0 Å². The molecule has 0 saturated carbocycles. The second-order valence-electron chi connectivity index (χ2n) is 4.97. The molecule has 22 heavy (non-hydrogen) atoms. The van der Waals surface area contributed by atoms with Crippen LogP contribution in [0.15, 0.2) is 0 Å². The number of carbonyl (C=O) groups is 3. The number of carbonyl (C=O) groups excluding carboxylic acids is 2. The number of ether oxygens (including phenoxy) is 3. The smallest absolute Gasteiger partial charge is 0.311 e. The van der Waals surface area contributed by atoms with E-state index in [1.165, 1.54) is 6.92 Å². The topological polar surface area (TPSA) is 99.1 Å². The maximum Gasteiger partial charge on any atom is 0.311 e. The molecule has 7 nitrogen and oxygen atoms in total. The molecule has 128 valence electrons. The summed E-state index contributed by atoms with van der Waals surface area (Å²) in [5.41, 5.74) is 0. The highest BCUT2D eigenvalue weighted by molar-refractivity contribution is 5.75. The van der Waals surface area contributed by atoms with Gasteiger partial charge in [-0.2, -0.15) is 0 Å². The highest BCUT2D eigenvalue weighted by Crippen LogP contribution is 2.34. The first-order valence-corrected chi connectivity index (χ1v) is 7.45. The fourth-order valence-electron chi connectivity index (χ4n) is 2.28. The number of carboxylic acids is 1. The summed E-state index contributed by atoms with van der Waals surface area (Å²) >= 11 is 0. The second kappa shape index (κ2) is 9.40. The van der Waals surface area contributed by atoms with Crippen molar-refractivity contribution in [1.29, 1.82) is 0 Å². The van der Waals surface area contributed by atoms with Crippen LogP contribution in [0.2, 0.25) is 0 Å². The zero-order valence-corrected chi connectivity index (χ0v) is 14.0. The second-order valence-corrected chi connectivity index (χ2v) is 4.97. The molecule has 7 heteroatoms. The fraction of sp³-hybridized carbons (Fsp3) is 0.800. The summed E-state index contributed by atoms with van der Waals surface area (Å²) in [6, 6.07) is 0. The third-order valence-corrected chi connectivity index (χ3v) is 3.18. The molecule has 3 unspecified atom stereocenters. The van der Waals surface area contributed by atoms with Crippen LogP contribution in [0.5, 0.6) is 0 Å². The minimum absolute atomic E-state index is 0.193. The van der Waals surface area contributed by atoms with Gasteiger partial charge in [-0.25, -0.2) is 0 Å². The third-order valence-electron chi connectivity index (χ3n) is 3.18. The van der Waals surface area contributed by atoms with E-state index in [1.54, 1.807) is 6.92 Å². The summed E-state index contributed by atoms with van der Waals surface area (Å²) in [4.78, 5) is 31.3. The standard InChI is InChI=1S/C11H16O5.C2H4O2.C2H6/c1-5-10-9(16-11(5)13)4-8(6(2)14-10)15-7(3)12;1-2(3)4;1-2/h5-6,8-10H,4H2,1-3H3;1H3,(H,3,4);1-2H3/t5?,6-,8?,9+,10?;;/m0../s1. The average Bonchev–Trinajstić information content (AvgIpc) is 2.67. The van der Waals surface area contributed by atoms with Gasteiger partial charge < -0.3 is 19.3 Å². The van der Waals surface area contributed by atoms with Crippen molar-refractivity contribution in [2.24, 2.45) is 5.92 Å². The lowest BCUT2D eigenvalue weighted by Gasteiger charge is -2.35. The van der Waals surface area contributed by atoms with Gasteiger partial charge in [0, 0.05) is 20.3 Å². The molecule has 0 aliphatic carbocycles. The third kappa shape index (κ3) is 6.01. The van der Waals surface area contributed by atoms with Crippen molar-refractivity contribution in [3.05, 3.63) is 0 Å². The number of hydrogen-bond acceptors (Lipinski definition) is 6. The summed E-state index contributed by atoms with van der Waals surface area (Å²) in [5, 5.41) is 7.42. The first-order chi connectivity index (χ1) is 10.2. The molecule has 0 aromatic heterocycles. The van der Waals surface area contributed by atoms with Crippen molar-refractivity contribution in [1.82, 2.24) is 0 Å². The summed E-state index contributed by atoms with van der Waals surface area (Å²) in [6.07, 6.45) is -0.460. The van der Waals surface area contributed by atoms with E-state index in [0.717, 1.165) is 6.92 Å². The molecule has 1 N–H and O–H groups in total.